The van der Waals surface area contributed by atoms with Gasteiger partial charge in [0.15, 0.2) is 22.9 Å². The lowest BCUT2D eigenvalue weighted by molar-refractivity contribution is -0.139. The number of hydrogen-bond acceptors (Lipinski definition) is 6. The van der Waals surface area contributed by atoms with E-state index in [2.05, 4.69) is 10.3 Å². The normalized spacial score (nSPS) is 17.5. The van der Waals surface area contributed by atoms with E-state index in [4.69, 9.17) is 4.74 Å². The summed E-state index contributed by atoms with van der Waals surface area (Å²) >= 11 is 1.19. The van der Waals surface area contributed by atoms with E-state index in [0.717, 1.165) is 50.2 Å². The summed E-state index contributed by atoms with van der Waals surface area (Å²) in [4.78, 5) is 34.0. The van der Waals surface area contributed by atoms with Gasteiger partial charge < -0.3 is 19.9 Å². The minimum Gasteiger partial charge on any atom is -0.477 e. The highest BCUT2D eigenvalue weighted by molar-refractivity contribution is 7.14. The van der Waals surface area contributed by atoms with Crippen LogP contribution in [0.1, 0.15) is 19.3 Å². The summed E-state index contributed by atoms with van der Waals surface area (Å²) in [7, 11) is 0. The Morgan fingerprint density at radius 3 is 2.69 bits per heavy atom. The third kappa shape index (κ3) is 5.12. The Morgan fingerprint density at radius 1 is 1.09 bits per heavy atom. The number of thiazole rings is 1. The van der Waals surface area contributed by atoms with Crippen molar-refractivity contribution in [1.29, 1.82) is 0 Å². The lowest BCUT2D eigenvalue weighted by Gasteiger charge is -2.38. The van der Waals surface area contributed by atoms with Crippen molar-refractivity contribution in [1.82, 2.24) is 9.88 Å². The SMILES string of the molecule is O=C(CN1CC(C(=O)N2CCCCC2)Oc2ccccc21)Nc1nc(-c2ccc(F)c(F)c2)cs1. The van der Waals surface area contributed by atoms with Crippen molar-refractivity contribution in [3.8, 4) is 17.0 Å². The van der Waals surface area contributed by atoms with Gasteiger partial charge in [0.1, 0.15) is 5.75 Å². The van der Waals surface area contributed by atoms with Crippen LogP contribution in [0.3, 0.4) is 0 Å². The van der Waals surface area contributed by atoms with Crippen molar-refractivity contribution in [3.63, 3.8) is 0 Å². The molecule has 10 heteroatoms. The number of amides is 2. The first-order chi connectivity index (χ1) is 17.0. The molecule has 0 bridgehead atoms. The van der Waals surface area contributed by atoms with Crippen LogP contribution in [0.25, 0.3) is 11.3 Å². The number of nitrogens with one attached hydrogen (secondary N) is 1. The molecule has 7 nitrogen and oxygen atoms in total. The number of benzene rings is 2. The number of nitrogens with zero attached hydrogens (tertiary/aromatic N) is 3. The third-order valence-electron chi connectivity index (χ3n) is 6.10. The first kappa shape index (κ1) is 23.2. The van der Waals surface area contributed by atoms with E-state index < -0.39 is 17.7 Å². The molecule has 1 N–H and O–H groups in total. The quantitative estimate of drug-likeness (QED) is 0.568. The Morgan fingerprint density at radius 2 is 1.89 bits per heavy atom. The molecule has 1 fully saturated rings. The number of carbonyl (C=O) groups is 2. The number of likely N-dealkylation sites (tertiary alicyclic amines) is 1. The van der Waals surface area contributed by atoms with Crippen molar-refractivity contribution in [2.75, 3.05) is 36.4 Å². The number of ether oxygens (including phenoxy) is 1. The molecule has 1 atom stereocenters. The molecule has 2 amide bonds. The van der Waals surface area contributed by atoms with Gasteiger partial charge in [0.25, 0.3) is 5.91 Å². The number of para-hydroxylation sites is 2. The Bertz CT molecular complexity index is 1240. The van der Waals surface area contributed by atoms with Crippen LogP contribution < -0.4 is 15.0 Å². The second-order valence-electron chi connectivity index (χ2n) is 8.56. The molecule has 1 unspecified atom stereocenters. The number of piperidine rings is 1. The van der Waals surface area contributed by atoms with Gasteiger partial charge in [0.05, 0.1) is 24.5 Å². The molecule has 5 rings (SSSR count). The highest BCUT2D eigenvalue weighted by atomic mass is 32.1. The van der Waals surface area contributed by atoms with Gasteiger partial charge in [-0.3, -0.25) is 9.59 Å². The van der Waals surface area contributed by atoms with E-state index in [1.807, 2.05) is 28.0 Å². The van der Waals surface area contributed by atoms with Crippen LogP contribution in [0.2, 0.25) is 0 Å². The largest absolute Gasteiger partial charge is 0.477 e. The number of carbonyl (C=O) groups excluding carboxylic acids is 2. The second kappa shape index (κ2) is 9.99. The predicted octanol–water partition coefficient (Wildman–Crippen LogP) is 4.31. The summed E-state index contributed by atoms with van der Waals surface area (Å²) < 4.78 is 32.8. The summed E-state index contributed by atoms with van der Waals surface area (Å²) in [5.74, 6) is -1.68. The van der Waals surface area contributed by atoms with Gasteiger partial charge in [-0.1, -0.05) is 12.1 Å². The second-order valence-corrected chi connectivity index (χ2v) is 9.41. The summed E-state index contributed by atoms with van der Waals surface area (Å²) in [5.41, 5.74) is 1.60. The van der Waals surface area contributed by atoms with Crippen molar-refractivity contribution < 1.29 is 23.1 Å². The van der Waals surface area contributed by atoms with Gasteiger partial charge in [0.2, 0.25) is 5.91 Å². The molecule has 0 aliphatic carbocycles. The van der Waals surface area contributed by atoms with Crippen LogP contribution in [-0.4, -0.2) is 54.0 Å². The van der Waals surface area contributed by atoms with Crippen molar-refractivity contribution in [2.24, 2.45) is 0 Å². The first-order valence-corrected chi connectivity index (χ1v) is 12.4. The molecule has 35 heavy (non-hydrogen) atoms. The van der Waals surface area contributed by atoms with Crippen LogP contribution >= 0.6 is 11.3 Å². The van der Waals surface area contributed by atoms with Gasteiger partial charge >= 0.3 is 0 Å². The van der Waals surface area contributed by atoms with Crippen LogP contribution in [-0.2, 0) is 9.59 Å². The number of halogens is 2. The standard InChI is InChI=1S/C25H24F2N4O3S/c26-17-9-8-16(12-18(17)27)19-15-35-25(28-19)29-23(32)14-31-13-22(24(33)30-10-4-1-5-11-30)34-21-7-3-2-6-20(21)31/h2-3,6-9,12,15,22H,1,4-5,10-11,13-14H2,(H,28,29,32). The summed E-state index contributed by atoms with van der Waals surface area (Å²) in [6.07, 6.45) is 2.41. The lowest BCUT2D eigenvalue weighted by Crippen LogP contribution is -2.52. The van der Waals surface area contributed by atoms with Gasteiger partial charge in [-0.05, 0) is 49.6 Å². The monoisotopic (exact) mass is 498 g/mol. The topological polar surface area (TPSA) is 74.8 Å². The minimum atomic E-state index is -0.958. The van der Waals surface area contributed by atoms with Crippen molar-refractivity contribution in [3.05, 3.63) is 59.5 Å². The molecule has 2 aliphatic rings. The fourth-order valence-corrected chi connectivity index (χ4v) is 5.09. The van der Waals surface area contributed by atoms with E-state index in [9.17, 15) is 18.4 Å². The number of aromatic nitrogens is 1. The van der Waals surface area contributed by atoms with Crippen molar-refractivity contribution in [2.45, 2.75) is 25.4 Å². The van der Waals surface area contributed by atoms with Crippen molar-refractivity contribution >= 4 is 34.0 Å². The van der Waals surface area contributed by atoms with Crippen LogP contribution in [0.5, 0.6) is 5.75 Å². The summed E-state index contributed by atoms with van der Waals surface area (Å²) in [5, 5.41) is 4.78. The molecule has 2 aromatic carbocycles. The molecular formula is C25H24F2N4O3S. The highest BCUT2D eigenvalue weighted by Crippen LogP contribution is 2.34. The smallest absolute Gasteiger partial charge is 0.265 e. The van der Waals surface area contributed by atoms with E-state index in [0.29, 0.717) is 22.1 Å². The average Bonchev–Trinajstić information content (AvgIpc) is 3.34. The van der Waals surface area contributed by atoms with E-state index in [1.54, 1.807) is 11.4 Å². The van der Waals surface area contributed by atoms with Gasteiger partial charge in [0, 0.05) is 24.0 Å². The Kier molecular flexibility index (Phi) is 6.63. The van der Waals surface area contributed by atoms with E-state index >= 15 is 0 Å². The van der Waals surface area contributed by atoms with Gasteiger partial charge in [-0.15, -0.1) is 11.3 Å². The first-order valence-electron chi connectivity index (χ1n) is 11.5. The zero-order valence-electron chi connectivity index (χ0n) is 18.9. The fraction of sp³-hybridized carbons (Fsp3) is 0.320. The van der Waals surface area contributed by atoms with E-state index in [1.165, 1.54) is 17.4 Å². The number of rotatable bonds is 5. The minimum absolute atomic E-state index is 0.00421. The maximum Gasteiger partial charge on any atom is 0.265 e. The number of fused-ring (bicyclic) bond motifs is 1. The van der Waals surface area contributed by atoms with Gasteiger partial charge in [-0.25, -0.2) is 13.8 Å². The molecule has 3 heterocycles. The van der Waals surface area contributed by atoms with Crippen LogP contribution in [0.15, 0.2) is 47.8 Å². The third-order valence-corrected chi connectivity index (χ3v) is 6.86. The predicted molar refractivity (Wildman–Crippen MR) is 130 cm³/mol. The Hall–Kier alpha value is -3.53. The summed E-state index contributed by atoms with van der Waals surface area (Å²) in [6, 6.07) is 10.9. The molecule has 0 radical (unpaired) electrons. The van der Waals surface area contributed by atoms with Crippen LogP contribution in [0, 0.1) is 11.6 Å². The molecule has 0 saturated carbocycles. The molecule has 1 saturated heterocycles. The zero-order chi connectivity index (χ0) is 24.4. The fourth-order valence-electron chi connectivity index (χ4n) is 4.35. The highest BCUT2D eigenvalue weighted by Gasteiger charge is 2.34. The molecule has 2 aliphatic heterocycles. The maximum atomic E-state index is 13.6. The number of hydrogen-bond donors (Lipinski definition) is 1. The van der Waals surface area contributed by atoms with E-state index in [-0.39, 0.29) is 24.9 Å². The maximum absolute atomic E-state index is 13.6. The summed E-state index contributed by atoms with van der Waals surface area (Å²) in [6.45, 7) is 1.72. The molecular weight excluding hydrogens is 474 g/mol. The Balaban J connectivity index is 1.28. The zero-order valence-corrected chi connectivity index (χ0v) is 19.7. The van der Waals surface area contributed by atoms with Gasteiger partial charge in [-0.2, -0.15) is 0 Å². The lowest BCUT2D eigenvalue weighted by atomic mass is 10.1. The molecule has 0 spiro atoms. The molecule has 3 aromatic rings. The Labute approximate surface area is 205 Å². The average molecular weight is 499 g/mol. The van der Waals surface area contributed by atoms with Crippen LogP contribution in [0.4, 0.5) is 19.6 Å². The molecule has 1 aromatic heterocycles. The number of anilines is 2. The molecule has 182 valence electrons.